The molecule has 140 valence electrons. The average molecular weight is 368 g/mol. The van der Waals surface area contributed by atoms with E-state index in [-0.39, 0.29) is 0 Å². The SMILES string of the molecule is O=C(C=Cc1ccc(C(=O)O)c(F)c1)Oc1ccc(C2CCCCC2)cc1. The molecule has 1 aliphatic rings. The van der Waals surface area contributed by atoms with Crippen LogP contribution in [0.1, 0.15) is 59.5 Å². The highest BCUT2D eigenvalue weighted by Crippen LogP contribution is 2.33. The van der Waals surface area contributed by atoms with Crippen molar-refractivity contribution in [2.24, 2.45) is 0 Å². The van der Waals surface area contributed by atoms with Crippen molar-refractivity contribution in [3.8, 4) is 5.75 Å². The zero-order valence-corrected chi connectivity index (χ0v) is 14.9. The Morgan fingerprint density at radius 3 is 2.37 bits per heavy atom. The van der Waals surface area contributed by atoms with Crippen molar-refractivity contribution in [1.82, 2.24) is 0 Å². The van der Waals surface area contributed by atoms with Crippen LogP contribution in [0.5, 0.6) is 5.75 Å². The minimum absolute atomic E-state index is 0.377. The van der Waals surface area contributed by atoms with Gasteiger partial charge in [0.15, 0.2) is 0 Å². The summed E-state index contributed by atoms with van der Waals surface area (Å²) in [5.41, 5.74) is 1.24. The number of aromatic carboxylic acids is 1. The molecule has 0 amide bonds. The van der Waals surface area contributed by atoms with Crippen LogP contribution in [0.15, 0.2) is 48.5 Å². The molecule has 1 fully saturated rings. The molecule has 1 aliphatic carbocycles. The van der Waals surface area contributed by atoms with E-state index in [1.54, 1.807) is 12.1 Å². The molecule has 0 aliphatic heterocycles. The Bertz CT molecular complexity index is 849. The van der Waals surface area contributed by atoms with Crippen LogP contribution < -0.4 is 4.74 Å². The minimum Gasteiger partial charge on any atom is -0.478 e. The topological polar surface area (TPSA) is 63.6 Å². The van der Waals surface area contributed by atoms with Crippen LogP contribution in [0, 0.1) is 5.82 Å². The summed E-state index contributed by atoms with van der Waals surface area (Å²) in [6.07, 6.45) is 8.82. The van der Waals surface area contributed by atoms with Crippen LogP contribution in [-0.4, -0.2) is 17.0 Å². The average Bonchev–Trinajstić information content (AvgIpc) is 2.67. The maximum atomic E-state index is 13.6. The molecule has 1 saturated carbocycles. The van der Waals surface area contributed by atoms with Gasteiger partial charge in [0.05, 0.1) is 5.56 Å². The van der Waals surface area contributed by atoms with Crippen LogP contribution in [0.4, 0.5) is 4.39 Å². The molecule has 4 nitrogen and oxygen atoms in total. The van der Waals surface area contributed by atoms with Gasteiger partial charge in [-0.2, -0.15) is 0 Å². The summed E-state index contributed by atoms with van der Waals surface area (Å²) in [4.78, 5) is 22.7. The van der Waals surface area contributed by atoms with Crippen molar-refractivity contribution in [3.63, 3.8) is 0 Å². The Labute approximate surface area is 157 Å². The molecule has 2 aromatic rings. The van der Waals surface area contributed by atoms with E-state index in [1.807, 2.05) is 12.1 Å². The molecule has 2 aromatic carbocycles. The molecule has 5 heteroatoms. The molecule has 0 spiro atoms. The first-order valence-corrected chi connectivity index (χ1v) is 9.05. The monoisotopic (exact) mass is 368 g/mol. The molecular formula is C22H21FO4. The van der Waals surface area contributed by atoms with Crippen LogP contribution in [0.25, 0.3) is 6.08 Å². The fourth-order valence-electron chi connectivity index (χ4n) is 3.37. The number of hydrogen-bond donors (Lipinski definition) is 1. The maximum Gasteiger partial charge on any atom is 0.338 e. The Morgan fingerprint density at radius 1 is 1.04 bits per heavy atom. The number of esters is 1. The Balaban J connectivity index is 1.59. The van der Waals surface area contributed by atoms with Crippen LogP contribution in [0.2, 0.25) is 0 Å². The summed E-state index contributed by atoms with van der Waals surface area (Å²) < 4.78 is 18.9. The van der Waals surface area contributed by atoms with Crippen LogP contribution >= 0.6 is 0 Å². The number of benzene rings is 2. The molecule has 0 heterocycles. The summed E-state index contributed by atoms with van der Waals surface area (Å²) in [5, 5.41) is 8.81. The van der Waals surface area contributed by atoms with E-state index in [1.165, 1.54) is 55.9 Å². The standard InChI is InChI=1S/C22H21FO4/c23-20-14-15(6-12-19(20)22(25)26)7-13-21(24)27-18-10-8-17(9-11-18)16-4-2-1-3-5-16/h6-14,16H,1-5H2,(H,25,26). The number of hydrogen-bond acceptors (Lipinski definition) is 3. The Morgan fingerprint density at radius 2 is 1.74 bits per heavy atom. The van der Waals surface area contributed by atoms with Gasteiger partial charge in [0.1, 0.15) is 11.6 Å². The van der Waals surface area contributed by atoms with Crippen LogP contribution in [-0.2, 0) is 4.79 Å². The molecule has 3 rings (SSSR count). The van der Waals surface area contributed by atoms with Gasteiger partial charge < -0.3 is 9.84 Å². The van der Waals surface area contributed by atoms with Gasteiger partial charge in [-0.15, -0.1) is 0 Å². The lowest BCUT2D eigenvalue weighted by molar-refractivity contribution is -0.128. The number of carbonyl (C=O) groups excluding carboxylic acids is 1. The molecule has 1 N–H and O–H groups in total. The number of halogens is 1. The van der Waals surface area contributed by atoms with Crippen LogP contribution in [0.3, 0.4) is 0 Å². The number of carboxylic acids is 1. The second-order valence-electron chi connectivity index (χ2n) is 6.70. The molecule has 0 bridgehead atoms. The summed E-state index contributed by atoms with van der Waals surface area (Å²) in [6, 6.07) is 11.2. The van der Waals surface area contributed by atoms with Gasteiger partial charge >= 0.3 is 11.9 Å². The lowest BCUT2D eigenvalue weighted by Crippen LogP contribution is -2.06. The lowest BCUT2D eigenvalue weighted by atomic mass is 9.84. The summed E-state index contributed by atoms with van der Waals surface area (Å²) in [5.74, 6) is -1.72. The van der Waals surface area contributed by atoms with Gasteiger partial charge in [0, 0.05) is 6.08 Å². The Hall–Kier alpha value is -2.95. The number of carboxylic acid groups (broad SMARTS) is 1. The zero-order chi connectivity index (χ0) is 19.2. The van der Waals surface area contributed by atoms with Crippen molar-refractivity contribution < 1.29 is 23.8 Å². The molecular weight excluding hydrogens is 347 g/mol. The second-order valence-corrected chi connectivity index (χ2v) is 6.70. The number of carbonyl (C=O) groups is 2. The second kappa shape index (κ2) is 8.62. The molecule has 0 unspecified atom stereocenters. The zero-order valence-electron chi connectivity index (χ0n) is 14.9. The molecule has 0 saturated heterocycles. The quantitative estimate of drug-likeness (QED) is 0.448. The number of ether oxygens (including phenoxy) is 1. The lowest BCUT2D eigenvalue weighted by Gasteiger charge is -2.21. The van der Waals surface area contributed by atoms with E-state index in [9.17, 15) is 14.0 Å². The maximum absolute atomic E-state index is 13.6. The van der Waals surface area contributed by atoms with E-state index in [0.29, 0.717) is 17.2 Å². The summed E-state index contributed by atoms with van der Waals surface area (Å²) in [6.45, 7) is 0. The first-order chi connectivity index (χ1) is 13.0. The van der Waals surface area contributed by atoms with Crippen molar-refractivity contribution in [2.75, 3.05) is 0 Å². The first kappa shape index (κ1) is 18.8. The highest BCUT2D eigenvalue weighted by Gasteiger charge is 2.15. The predicted molar refractivity (Wildman–Crippen MR) is 100 cm³/mol. The molecule has 0 atom stereocenters. The first-order valence-electron chi connectivity index (χ1n) is 9.05. The van der Waals surface area contributed by atoms with E-state index >= 15 is 0 Å². The van der Waals surface area contributed by atoms with E-state index in [0.717, 1.165) is 12.1 Å². The van der Waals surface area contributed by atoms with E-state index in [4.69, 9.17) is 9.84 Å². The Kier molecular flexibility index (Phi) is 6.01. The highest BCUT2D eigenvalue weighted by atomic mass is 19.1. The number of rotatable bonds is 5. The van der Waals surface area contributed by atoms with Crippen molar-refractivity contribution >= 4 is 18.0 Å². The molecule has 0 aromatic heterocycles. The van der Waals surface area contributed by atoms with Gasteiger partial charge in [-0.1, -0.05) is 37.5 Å². The van der Waals surface area contributed by atoms with Crippen molar-refractivity contribution in [2.45, 2.75) is 38.0 Å². The third-order valence-electron chi connectivity index (χ3n) is 4.81. The normalized spacial score (nSPS) is 15.0. The highest BCUT2D eigenvalue weighted by molar-refractivity contribution is 5.90. The van der Waals surface area contributed by atoms with E-state index < -0.39 is 23.3 Å². The smallest absolute Gasteiger partial charge is 0.338 e. The molecule has 0 radical (unpaired) electrons. The van der Waals surface area contributed by atoms with Gasteiger partial charge in [-0.25, -0.2) is 14.0 Å². The van der Waals surface area contributed by atoms with E-state index in [2.05, 4.69) is 0 Å². The largest absolute Gasteiger partial charge is 0.478 e. The predicted octanol–water partition coefficient (Wildman–Crippen LogP) is 5.19. The molecule has 27 heavy (non-hydrogen) atoms. The summed E-state index contributed by atoms with van der Waals surface area (Å²) >= 11 is 0. The fraction of sp³-hybridized carbons (Fsp3) is 0.273. The summed E-state index contributed by atoms with van der Waals surface area (Å²) in [7, 11) is 0. The van der Waals surface area contributed by atoms with Gasteiger partial charge in [0.25, 0.3) is 0 Å². The van der Waals surface area contributed by atoms with Crippen molar-refractivity contribution in [1.29, 1.82) is 0 Å². The van der Waals surface area contributed by atoms with Gasteiger partial charge in [0.2, 0.25) is 0 Å². The van der Waals surface area contributed by atoms with Crippen molar-refractivity contribution in [3.05, 3.63) is 71.0 Å². The third kappa shape index (κ3) is 5.03. The minimum atomic E-state index is -1.33. The third-order valence-corrected chi connectivity index (χ3v) is 4.81. The van der Waals surface area contributed by atoms with Gasteiger partial charge in [-0.3, -0.25) is 0 Å². The van der Waals surface area contributed by atoms with Gasteiger partial charge in [-0.05, 0) is 60.2 Å². The fourth-order valence-corrected chi connectivity index (χ4v) is 3.37.